The molecule has 3 nitrogen and oxygen atoms in total. The molecule has 8 aromatic rings. The van der Waals surface area contributed by atoms with Crippen molar-refractivity contribution in [3.8, 4) is 11.1 Å². The number of thiophene rings is 1. The molecule has 1 atom stereocenters. The zero-order chi connectivity index (χ0) is 49.2. The van der Waals surface area contributed by atoms with E-state index in [9.17, 15) is 0 Å². The fraction of sp³-hybridized carbons (Fsp3) is 0.273. The Labute approximate surface area is 427 Å². The maximum absolute atomic E-state index is 2.75. The summed E-state index contributed by atoms with van der Waals surface area (Å²) in [5.41, 5.74) is 20.8. The standard InChI is InChI=1S/C66H66BN3S/c1-63(2,3)44-30-33-48(34-31-44)69-57-39-49(68(46-24-16-12-17-25-46)47-26-18-13-19-27-47)40-58-60(57)67(62-61(69)51-38-45(64(4,5)6)32-35-59(51)71-62)54-41-52-53(66(9,10)37-36-65(52,7)8)42-56(54)70(58)55-29-21-20-28-50(55)43-22-14-11-15-23-43/h11-35,38-41,53H,36-37,42H2,1-10H3. The molecule has 5 heteroatoms. The second kappa shape index (κ2) is 16.5. The van der Waals surface area contributed by atoms with Crippen molar-refractivity contribution in [2.24, 2.45) is 16.7 Å². The number of hydrogen-bond donors (Lipinski definition) is 0. The smallest absolute Gasteiger partial charge is 0.264 e. The molecule has 7 aromatic carbocycles. The van der Waals surface area contributed by atoms with E-state index < -0.39 is 0 Å². The fourth-order valence-corrected chi connectivity index (χ4v) is 13.7. The van der Waals surface area contributed by atoms with Gasteiger partial charge in [0.1, 0.15) is 0 Å². The van der Waals surface area contributed by atoms with Crippen LogP contribution in [0.15, 0.2) is 193 Å². The largest absolute Gasteiger partial charge is 0.314 e. The van der Waals surface area contributed by atoms with Crippen molar-refractivity contribution in [1.29, 1.82) is 0 Å². The van der Waals surface area contributed by atoms with Crippen LogP contribution >= 0.6 is 11.3 Å². The van der Waals surface area contributed by atoms with Gasteiger partial charge in [-0.15, -0.1) is 11.3 Å². The molecule has 0 spiro atoms. The second-order valence-electron chi connectivity index (χ2n) is 24.1. The molecule has 3 heterocycles. The highest BCUT2D eigenvalue weighted by atomic mass is 32.1. The Kier molecular flexibility index (Phi) is 10.6. The highest BCUT2D eigenvalue weighted by Crippen LogP contribution is 2.60. The molecule has 1 saturated carbocycles. The molecule has 71 heavy (non-hydrogen) atoms. The van der Waals surface area contributed by atoms with E-state index in [4.69, 9.17) is 0 Å². The number of hydrogen-bond acceptors (Lipinski definition) is 4. The molecule has 0 saturated heterocycles. The van der Waals surface area contributed by atoms with E-state index in [-0.39, 0.29) is 28.4 Å². The lowest BCUT2D eigenvalue weighted by molar-refractivity contribution is 0.121. The average molecular weight is 944 g/mol. The van der Waals surface area contributed by atoms with E-state index in [2.05, 4.69) is 260 Å². The summed E-state index contributed by atoms with van der Waals surface area (Å²) in [6.45, 7) is 24.2. The van der Waals surface area contributed by atoms with E-state index in [1.54, 1.807) is 5.57 Å². The van der Waals surface area contributed by atoms with Crippen LogP contribution in [-0.4, -0.2) is 6.71 Å². The molecule has 2 aliphatic heterocycles. The van der Waals surface area contributed by atoms with Gasteiger partial charge in [0, 0.05) is 54.6 Å². The van der Waals surface area contributed by atoms with Crippen LogP contribution in [-0.2, 0) is 10.8 Å². The van der Waals surface area contributed by atoms with Gasteiger partial charge in [0.2, 0.25) is 0 Å². The Morgan fingerprint density at radius 3 is 1.79 bits per heavy atom. The Balaban J connectivity index is 1.25. The summed E-state index contributed by atoms with van der Waals surface area (Å²) < 4.78 is 2.77. The molecule has 1 aromatic heterocycles. The number of para-hydroxylation sites is 3. The second-order valence-corrected chi connectivity index (χ2v) is 25.2. The topological polar surface area (TPSA) is 9.72 Å². The van der Waals surface area contributed by atoms with Gasteiger partial charge in [-0.1, -0.05) is 184 Å². The van der Waals surface area contributed by atoms with Crippen LogP contribution in [0, 0.1) is 16.7 Å². The molecule has 1 unspecified atom stereocenters. The molecule has 1 fully saturated rings. The van der Waals surface area contributed by atoms with E-state index in [0.29, 0.717) is 5.92 Å². The Morgan fingerprint density at radius 2 is 1.15 bits per heavy atom. The fourth-order valence-electron chi connectivity index (χ4n) is 12.4. The Morgan fingerprint density at radius 1 is 0.577 bits per heavy atom. The number of anilines is 8. The molecular formula is C66H66BN3S. The number of fused-ring (bicyclic) bond motifs is 6. The quantitative estimate of drug-likeness (QED) is 0.154. The summed E-state index contributed by atoms with van der Waals surface area (Å²) >= 11 is 2.02. The molecule has 0 bridgehead atoms. The van der Waals surface area contributed by atoms with E-state index >= 15 is 0 Å². The van der Waals surface area contributed by atoms with Crippen LogP contribution in [0.1, 0.15) is 99.6 Å². The van der Waals surface area contributed by atoms with Gasteiger partial charge in [-0.05, 0) is 141 Å². The van der Waals surface area contributed by atoms with Crippen molar-refractivity contribution < 1.29 is 0 Å². The van der Waals surface area contributed by atoms with Crippen LogP contribution in [0.4, 0.5) is 45.5 Å². The zero-order valence-corrected chi connectivity index (χ0v) is 44.1. The summed E-state index contributed by atoms with van der Waals surface area (Å²) in [5.74, 6) is 0.406. The maximum atomic E-state index is 2.75. The van der Waals surface area contributed by atoms with Crippen molar-refractivity contribution in [1.82, 2.24) is 0 Å². The van der Waals surface area contributed by atoms with Crippen molar-refractivity contribution in [2.45, 2.75) is 99.3 Å². The van der Waals surface area contributed by atoms with Crippen molar-refractivity contribution >= 4 is 83.9 Å². The lowest BCUT2D eigenvalue weighted by Gasteiger charge is -2.53. The van der Waals surface area contributed by atoms with Crippen LogP contribution < -0.4 is 24.9 Å². The first-order valence-electron chi connectivity index (χ1n) is 25.9. The van der Waals surface area contributed by atoms with E-state index in [0.717, 1.165) is 23.5 Å². The van der Waals surface area contributed by atoms with Crippen LogP contribution in [0.2, 0.25) is 0 Å². The molecule has 12 rings (SSSR count). The normalized spacial score (nSPS) is 17.9. The minimum atomic E-state index is -0.0175. The van der Waals surface area contributed by atoms with Gasteiger partial charge >= 0.3 is 0 Å². The number of allylic oxidation sites excluding steroid dienone is 4. The average Bonchev–Trinajstić information content (AvgIpc) is 3.74. The van der Waals surface area contributed by atoms with Gasteiger partial charge < -0.3 is 14.7 Å². The molecule has 354 valence electrons. The first kappa shape index (κ1) is 45.6. The molecule has 0 amide bonds. The minimum absolute atomic E-state index is 0.0155. The summed E-state index contributed by atoms with van der Waals surface area (Å²) in [5, 5.41) is 1.33. The van der Waals surface area contributed by atoms with Gasteiger partial charge in [-0.25, -0.2) is 0 Å². The van der Waals surface area contributed by atoms with Gasteiger partial charge in [0.25, 0.3) is 6.71 Å². The highest BCUT2D eigenvalue weighted by molar-refractivity contribution is 7.33. The van der Waals surface area contributed by atoms with Gasteiger partial charge in [-0.2, -0.15) is 0 Å². The number of nitrogens with zero attached hydrogens (tertiary/aromatic N) is 3. The maximum Gasteiger partial charge on any atom is 0.264 e. The summed E-state index contributed by atoms with van der Waals surface area (Å²) in [7, 11) is 0. The molecule has 0 radical (unpaired) electrons. The number of rotatable bonds is 6. The summed E-state index contributed by atoms with van der Waals surface area (Å²) in [4.78, 5) is 7.88. The van der Waals surface area contributed by atoms with Crippen molar-refractivity contribution in [2.75, 3.05) is 14.7 Å². The van der Waals surface area contributed by atoms with Crippen LogP contribution in [0.5, 0.6) is 0 Å². The third kappa shape index (κ3) is 7.52. The molecule has 0 N–H and O–H groups in total. The third-order valence-electron chi connectivity index (χ3n) is 16.6. The number of benzene rings is 7. The lowest BCUT2D eigenvalue weighted by atomic mass is 9.34. The van der Waals surface area contributed by atoms with Gasteiger partial charge in [-0.3, -0.25) is 0 Å². The highest BCUT2D eigenvalue weighted by Gasteiger charge is 2.52. The van der Waals surface area contributed by atoms with Crippen LogP contribution in [0.3, 0.4) is 0 Å². The summed E-state index contributed by atoms with van der Waals surface area (Å²) in [6.07, 6.45) is 6.13. The monoisotopic (exact) mass is 944 g/mol. The Bertz CT molecular complexity index is 3380. The minimum Gasteiger partial charge on any atom is -0.314 e. The predicted molar refractivity (Wildman–Crippen MR) is 308 cm³/mol. The van der Waals surface area contributed by atoms with Gasteiger partial charge in [0.05, 0.1) is 17.1 Å². The first-order valence-corrected chi connectivity index (χ1v) is 26.8. The molecule has 4 aliphatic rings. The van der Waals surface area contributed by atoms with Crippen molar-refractivity contribution in [3.05, 3.63) is 204 Å². The molecule has 2 aliphatic carbocycles. The molecular weight excluding hydrogens is 878 g/mol. The SMILES string of the molecule is CC1(C)CCC(C)(C)C2CC3=C(C=C21)B1c2sc4ccc(C(C)(C)C)cc4c2N(c2ccc(C(C)(C)C)cc2)c2cc(N(c4ccccc4)c4ccccc4)cc(c21)N3c1ccccc1-c1ccccc1. The van der Waals surface area contributed by atoms with Crippen molar-refractivity contribution in [3.63, 3.8) is 0 Å². The van der Waals surface area contributed by atoms with Gasteiger partial charge in [0.15, 0.2) is 0 Å². The lowest BCUT2D eigenvalue weighted by Crippen LogP contribution is -2.56. The predicted octanol–water partition coefficient (Wildman–Crippen LogP) is 17.8. The van der Waals surface area contributed by atoms with Crippen LogP contribution in [0.25, 0.3) is 21.2 Å². The summed E-state index contributed by atoms with van der Waals surface area (Å²) in [6, 6.07) is 64.1. The first-order chi connectivity index (χ1) is 34.0. The third-order valence-corrected chi connectivity index (χ3v) is 17.8. The zero-order valence-electron chi connectivity index (χ0n) is 43.3. The van der Waals surface area contributed by atoms with E-state index in [1.807, 2.05) is 11.3 Å². The Hall–Kier alpha value is -6.56. The van der Waals surface area contributed by atoms with E-state index in [1.165, 1.54) is 95.0 Å².